The Labute approximate surface area is 147 Å². The lowest BCUT2D eigenvalue weighted by Crippen LogP contribution is -2.40. The predicted molar refractivity (Wildman–Crippen MR) is 94.1 cm³/mol. The molecule has 2 N–H and O–H groups in total. The smallest absolute Gasteiger partial charge is 0.407 e. The first-order valence-electron chi connectivity index (χ1n) is 8.36. The van der Waals surface area contributed by atoms with E-state index in [0.717, 1.165) is 5.69 Å². The number of nitrogens with zero attached hydrogens (tertiary/aromatic N) is 1. The lowest BCUT2D eigenvalue weighted by molar-refractivity contribution is -0.126. The molecule has 1 aliphatic rings. The normalized spacial score (nSPS) is 17.3. The number of hydrogen-bond acceptors (Lipinski definition) is 4. The zero-order chi connectivity index (χ0) is 18.4. The van der Waals surface area contributed by atoms with Crippen molar-refractivity contribution in [3.05, 3.63) is 30.3 Å². The highest BCUT2D eigenvalue weighted by molar-refractivity contribution is 6.00. The lowest BCUT2D eigenvalue weighted by Gasteiger charge is -2.19. The number of alkyl carbamates (subject to hydrolysis) is 1. The zero-order valence-electron chi connectivity index (χ0n) is 14.9. The van der Waals surface area contributed by atoms with Crippen LogP contribution in [0.4, 0.5) is 10.5 Å². The third-order valence-corrected chi connectivity index (χ3v) is 3.66. The van der Waals surface area contributed by atoms with E-state index in [-0.39, 0.29) is 37.2 Å². The van der Waals surface area contributed by atoms with E-state index in [0.29, 0.717) is 6.54 Å². The SMILES string of the molecule is CC(C)(C)OC(=O)NCCNC(=O)[C@@H]1CC(=O)N(c2ccccc2)C1. The fraction of sp³-hybridized carbons (Fsp3) is 0.500. The summed E-state index contributed by atoms with van der Waals surface area (Å²) in [7, 11) is 0. The number of anilines is 1. The predicted octanol–water partition coefficient (Wildman–Crippen LogP) is 1.68. The third kappa shape index (κ3) is 5.77. The van der Waals surface area contributed by atoms with E-state index in [1.807, 2.05) is 30.3 Å². The molecular weight excluding hydrogens is 322 g/mol. The Kier molecular flexibility index (Phi) is 6.01. The molecule has 136 valence electrons. The van der Waals surface area contributed by atoms with Gasteiger partial charge in [-0.1, -0.05) is 18.2 Å². The molecule has 1 aromatic rings. The number of hydrogen-bond donors (Lipinski definition) is 2. The van der Waals surface area contributed by atoms with E-state index >= 15 is 0 Å². The highest BCUT2D eigenvalue weighted by atomic mass is 16.6. The van der Waals surface area contributed by atoms with Crippen LogP contribution >= 0.6 is 0 Å². The largest absolute Gasteiger partial charge is 0.444 e. The van der Waals surface area contributed by atoms with Crippen LogP contribution in [0.25, 0.3) is 0 Å². The van der Waals surface area contributed by atoms with Crippen molar-refractivity contribution in [2.75, 3.05) is 24.5 Å². The van der Waals surface area contributed by atoms with Gasteiger partial charge in [-0.3, -0.25) is 9.59 Å². The Morgan fingerprint density at radius 3 is 2.44 bits per heavy atom. The fourth-order valence-electron chi connectivity index (χ4n) is 2.55. The quantitative estimate of drug-likeness (QED) is 0.793. The van der Waals surface area contributed by atoms with Crippen LogP contribution in [0, 0.1) is 5.92 Å². The van der Waals surface area contributed by atoms with Crippen molar-refractivity contribution in [1.82, 2.24) is 10.6 Å². The highest BCUT2D eigenvalue weighted by Crippen LogP contribution is 2.24. The van der Waals surface area contributed by atoms with Crippen molar-refractivity contribution in [3.63, 3.8) is 0 Å². The van der Waals surface area contributed by atoms with Crippen LogP contribution in [0.5, 0.6) is 0 Å². The first kappa shape index (κ1) is 18.8. The Morgan fingerprint density at radius 2 is 1.80 bits per heavy atom. The number of amides is 3. The summed E-state index contributed by atoms with van der Waals surface area (Å²) >= 11 is 0. The molecule has 0 bridgehead atoms. The summed E-state index contributed by atoms with van der Waals surface area (Å²) in [6.45, 7) is 6.27. The van der Waals surface area contributed by atoms with Gasteiger partial charge in [-0.25, -0.2) is 4.79 Å². The van der Waals surface area contributed by atoms with Gasteiger partial charge in [-0.2, -0.15) is 0 Å². The molecule has 2 rings (SSSR count). The van der Waals surface area contributed by atoms with Crippen LogP contribution in [0.3, 0.4) is 0 Å². The molecule has 1 fully saturated rings. The molecule has 0 saturated carbocycles. The van der Waals surface area contributed by atoms with E-state index in [2.05, 4.69) is 10.6 Å². The van der Waals surface area contributed by atoms with Crippen molar-refractivity contribution in [2.24, 2.45) is 5.92 Å². The Bertz CT molecular complexity index is 625. The van der Waals surface area contributed by atoms with Crippen molar-refractivity contribution in [3.8, 4) is 0 Å². The van der Waals surface area contributed by atoms with Gasteiger partial charge in [0.05, 0.1) is 5.92 Å². The average Bonchev–Trinajstić information content (AvgIpc) is 2.92. The Balaban J connectivity index is 1.73. The van der Waals surface area contributed by atoms with Crippen LogP contribution in [0.15, 0.2) is 30.3 Å². The van der Waals surface area contributed by atoms with Crippen LogP contribution < -0.4 is 15.5 Å². The maximum Gasteiger partial charge on any atom is 0.407 e. The molecule has 0 spiro atoms. The second-order valence-corrected chi connectivity index (χ2v) is 6.96. The summed E-state index contributed by atoms with van der Waals surface area (Å²) in [5, 5.41) is 5.32. The molecule has 1 atom stereocenters. The number of nitrogens with one attached hydrogen (secondary N) is 2. The molecule has 0 radical (unpaired) electrons. The van der Waals surface area contributed by atoms with Crippen molar-refractivity contribution < 1.29 is 19.1 Å². The first-order valence-corrected chi connectivity index (χ1v) is 8.36. The van der Waals surface area contributed by atoms with Crippen molar-refractivity contribution in [2.45, 2.75) is 32.8 Å². The summed E-state index contributed by atoms with van der Waals surface area (Å²) in [5.41, 5.74) is 0.243. The molecule has 1 aromatic carbocycles. The zero-order valence-corrected chi connectivity index (χ0v) is 14.9. The van der Waals surface area contributed by atoms with Gasteiger partial charge < -0.3 is 20.3 Å². The fourth-order valence-corrected chi connectivity index (χ4v) is 2.55. The van der Waals surface area contributed by atoms with Gasteiger partial charge >= 0.3 is 6.09 Å². The summed E-state index contributed by atoms with van der Waals surface area (Å²) in [6.07, 6.45) is -0.326. The van der Waals surface area contributed by atoms with Gasteiger partial charge in [0, 0.05) is 31.7 Å². The van der Waals surface area contributed by atoms with Gasteiger partial charge in [0.1, 0.15) is 5.60 Å². The minimum absolute atomic E-state index is 0.0572. The maximum absolute atomic E-state index is 12.2. The van der Waals surface area contributed by atoms with Crippen molar-refractivity contribution >= 4 is 23.6 Å². The topological polar surface area (TPSA) is 87.7 Å². The van der Waals surface area contributed by atoms with Crippen LogP contribution in [0.2, 0.25) is 0 Å². The minimum Gasteiger partial charge on any atom is -0.444 e. The molecule has 7 nitrogen and oxygen atoms in total. The highest BCUT2D eigenvalue weighted by Gasteiger charge is 2.34. The lowest BCUT2D eigenvalue weighted by atomic mass is 10.1. The van der Waals surface area contributed by atoms with Crippen LogP contribution in [-0.2, 0) is 14.3 Å². The standard InChI is InChI=1S/C18H25N3O4/c1-18(2,3)25-17(24)20-10-9-19-16(23)13-11-15(22)21(12-13)14-7-5-4-6-8-14/h4-8,13H,9-12H2,1-3H3,(H,19,23)(H,20,24)/t13-/m1/s1. The molecule has 1 saturated heterocycles. The summed E-state index contributed by atoms with van der Waals surface area (Å²) in [4.78, 5) is 37.5. The number of rotatable bonds is 5. The van der Waals surface area contributed by atoms with Gasteiger partial charge in [-0.15, -0.1) is 0 Å². The number of benzene rings is 1. The Hall–Kier alpha value is -2.57. The average molecular weight is 347 g/mol. The summed E-state index contributed by atoms with van der Waals surface area (Å²) < 4.78 is 5.11. The number of ether oxygens (including phenoxy) is 1. The van der Waals surface area contributed by atoms with Crippen LogP contribution in [0.1, 0.15) is 27.2 Å². The van der Waals surface area contributed by atoms with E-state index in [1.165, 1.54) is 0 Å². The molecule has 0 aromatic heterocycles. The molecule has 7 heteroatoms. The molecule has 0 aliphatic carbocycles. The van der Waals surface area contributed by atoms with Gasteiger partial charge in [0.25, 0.3) is 0 Å². The first-order chi connectivity index (χ1) is 11.8. The summed E-state index contributed by atoms with van der Waals surface area (Å²) in [6, 6.07) is 9.30. The number of para-hydroxylation sites is 1. The van der Waals surface area contributed by atoms with Crippen molar-refractivity contribution in [1.29, 1.82) is 0 Å². The van der Waals surface area contributed by atoms with E-state index in [4.69, 9.17) is 4.74 Å². The Morgan fingerprint density at radius 1 is 1.16 bits per heavy atom. The molecule has 3 amide bonds. The molecule has 1 aliphatic heterocycles. The van der Waals surface area contributed by atoms with E-state index < -0.39 is 11.7 Å². The second kappa shape index (κ2) is 8.00. The molecule has 1 heterocycles. The number of carbonyl (C=O) groups excluding carboxylic acids is 3. The summed E-state index contributed by atoms with van der Waals surface area (Å²) in [5.74, 6) is -0.620. The maximum atomic E-state index is 12.2. The number of carbonyl (C=O) groups is 3. The van der Waals surface area contributed by atoms with E-state index in [9.17, 15) is 14.4 Å². The monoisotopic (exact) mass is 347 g/mol. The van der Waals surface area contributed by atoms with Crippen LogP contribution in [-0.4, -0.2) is 43.1 Å². The van der Waals surface area contributed by atoms with Gasteiger partial charge in [-0.05, 0) is 32.9 Å². The van der Waals surface area contributed by atoms with E-state index in [1.54, 1.807) is 25.7 Å². The van der Waals surface area contributed by atoms with Gasteiger partial charge in [0.15, 0.2) is 0 Å². The molecule has 25 heavy (non-hydrogen) atoms. The van der Waals surface area contributed by atoms with Gasteiger partial charge in [0.2, 0.25) is 11.8 Å². The second-order valence-electron chi connectivity index (χ2n) is 6.96. The molecular formula is C18H25N3O4. The molecule has 0 unspecified atom stereocenters. The minimum atomic E-state index is -0.557. The third-order valence-electron chi connectivity index (χ3n) is 3.66.